The van der Waals surface area contributed by atoms with Crippen molar-refractivity contribution in [3.63, 3.8) is 0 Å². The maximum absolute atomic E-state index is 13.9. The molecule has 3 amide bonds. The van der Waals surface area contributed by atoms with Crippen molar-refractivity contribution in [1.82, 2.24) is 5.32 Å². The summed E-state index contributed by atoms with van der Waals surface area (Å²) < 4.78 is 0. The van der Waals surface area contributed by atoms with Gasteiger partial charge in [0.1, 0.15) is 5.54 Å². The summed E-state index contributed by atoms with van der Waals surface area (Å²) in [5.41, 5.74) is 1.91. The largest absolute Gasteiger partial charge is 0.324 e. The molecule has 174 valence electrons. The minimum Gasteiger partial charge on any atom is -0.324 e. The van der Waals surface area contributed by atoms with Gasteiger partial charge in [0.2, 0.25) is 17.7 Å². The third kappa shape index (κ3) is 3.01. The summed E-state index contributed by atoms with van der Waals surface area (Å²) in [6.45, 7) is 1.46. The van der Waals surface area contributed by atoms with Crippen molar-refractivity contribution >= 4 is 34.9 Å². The van der Waals surface area contributed by atoms with Crippen molar-refractivity contribution in [2.75, 3.05) is 10.2 Å². The Morgan fingerprint density at radius 2 is 1.57 bits per heavy atom. The van der Waals surface area contributed by atoms with Crippen LogP contribution in [0.4, 0.5) is 11.4 Å². The average molecular weight is 466 g/mol. The second-order valence-electron chi connectivity index (χ2n) is 9.37. The van der Waals surface area contributed by atoms with E-state index in [1.807, 2.05) is 54.6 Å². The van der Waals surface area contributed by atoms with Crippen molar-refractivity contribution in [1.29, 1.82) is 0 Å². The van der Waals surface area contributed by atoms with Crippen LogP contribution in [0.25, 0.3) is 0 Å². The average Bonchev–Trinajstić information content (AvgIpc) is 3.44. The summed E-state index contributed by atoms with van der Waals surface area (Å²) in [5.74, 6) is -2.77. The number of Topliss-reactive ketones (excluding diaryl/α,β-unsaturated/α-hetero) is 1. The van der Waals surface area contributed by atoms with Gasteiger partial charge in [0.25, 0.3) is 0 Å². The maximum atomic E-state index is 13.9. The molecule has 2 fully saturated rings. The van der Waals surface area contributed by atoms with Crippen molar-refractivity contribution in [3.05, 3.63) is 95.6 Å². The van der Waals surface area contributed by atoms with E-state index in [1.54, 1.807) is 24.3 Å². The van der Waals surface area contributed by atoms with Crippen LogP contribution < -0.4 is 15.5 Å². The van der Waals surface area contributed by atoms with Gasteiger partial charge in [-0.3, -0.25) is 24.5 Å². The molecule has 7 heteroatoms. The van der Waals surface area contributed by atoms with Gasteiger partial charge in [-0.15, -0.1) is 0 Å². The fourth-order valence-corrected chi connectivity index (χ4v) is 5.90. The molecule has 3 aliphatic heterocycles. The number of fused-ring (bicyclic) bond motifs is 4. The number of hydrogen-bond acceptors (Lipinski definition) is 5. The Balaban J connectivity index is 1.47. The van der Waals surface area contributed by atoms with Crippen molar-refractivity contribution in [3.8, 4) is 0 Å². The number of benzene rings is 3. The van der Waals surface area contributed by atoms with Crippen LogP contribution in [-0.2, 0) is 26.3 Å². The molecule has 1 spiro atoms. The monoisotopic (exact) mass is 465 g/mol. The second-order valence-corrected chi connectivity index (χ2v) is 9.37. The maximum Gasteiger partial charge on any atom is 0.250 e. The summed E-state index contributed by atoms with van der Waals surface area (Å²) in [6.07, 6.45) is 0.495. The highest BCUT2D eigenvalue weighted by Crippen LogP contribution is 2.53. The zero-order valence-electron chi connectivity index (χ0n) is 19.0. The molecule has 6 rings (SSSR count). The fourth-order valence-electron chi connectivity index (χ4n) is 5.90. The highest BCUT2D eigenvalue weighted by Gasteiger charge is 2.70. The molecule has 2 N–H and O–H groups in total. The number of hydrogen-bond donors (Lipinski definition) is 2. The van der Waals surface area contributed by atoms with Gasteiger partial charge in [0, 0.05) is 22.9 Å². The van der Waals surface area contributed by atoms with E-state index in [4.69, 9.17) is 0 Å². The van der Waals surface area contributed by atoms with Gasteiger partial charge in [-0.25, -0.2) is 4.90 Å². The van der Waals surface area contributed by atoms with Gasteiger partial charge in [-0.2, -0.15) is 0 Å². The summed E-state index contributed by atoms with van der Waals surface area (Å²) in [7, 11) is 0. The Bertz CT molecular complexity index is 1380. The number of anilines is 2. The molecular formula is C28H23N3O4. The summed E-state index contributed by atoms with van der Waals surface area (Å²) >= 11 is 0. The molecule has 3 aliphatic rings. The number of imide groups is 1. The Morgan fingerprint density at radius 1 is 0.886 bits per heavy atom. The smallest absolute Gasteiger partial charge is 0.250 e. The molecule has 7 nitrogen and oxygen atoms in total. The second kappa shape index (κ2) is 7.71. The van der Waals surface area contributed by atoms with Crippen LogP contribution in [0.15, 0.2) is 78.9 Å². The molecule has 3 aromatic carbocycles. The van der Waals surface area contributed by atoms with E-state index >= 15 is 0 Å². The molecular weight excluding hydrogens is 442 g/mol. The standard InChI is InChI=1S/C28H23N3O4/c1-16(32)18-11-13-19(14-12-18)31-25(33)23-22(15-17-7-3-2-4-8-17)30-28(24(23)26(31)34)20-9-5-6-10-21(20)29-27(28)35/h2-14,22-24,30H,15H2,1H3,(H,29,35)/t22-,23+,24-,28-/m0/s1. The van der Waals surface area contributed by atoms with Gasteiger partial charge in [0.05, 0.1) is 17.5 Å². The minimum absolute atomic E-state index is 0.0993. The van der Waals surface area contributed by atoms with E-state index in [2.05, 4.69) is 10.6 Å². The fraction of sp³-hybridized carbons (Fsp3) is 0.214. The Labute approximate surface area is 202 Å². The van der Waals surface area contributed by atoms with E-state index in [1.165, 1.54) is 11.8 Å². The van der Waals surface area contributed by atoms with Gasteiger partial charge >= 0.3 is 0 Å². The normalized spacial score (nSPS) is 26.7. The lowest BCUT2D eigenvalue weighted by molar-refractivity contribution is -0.130. The van der Waals surface area contributed by atoms with E-state index < -0.39 is 29.3 Å². The number of nitrogens with one attached hydrogen (secondary N) is 2. The lowest BCUT2D eigenvalue weighted by Crippen LogP contribution is -2.53. The predicted molar refractivity (Wildman–Crippen MR) is 130 cm³/mol. The van der Waals surface area contributed by atoms with Gasteiger partial charge in [-0.1, -0.05) is 48.5 Å². The van der Waals surface area contributed by atoms with E-state index in [9.17, 15) is 19.2 Å². The van der Waals surface area contributed by atoms with E-state index in [0.29, 0.717) is 28.9 Å². The molecule has 0 aromatic heterocycles. The molecule has 0 radical (unpaired) electrons. The van der Waals surface area contributed by atoms with E-state index in [0.717, 1.165) is 5.56 Å². The van der Waals surface area contributed by atoms with Gasteiger partial charge in [0.15, 0.2) is 5.78 Å². The van der Waals surface area contributed by atoms with Gasteiger partial charge in [-0.05, 0) is 49.2 Å². The molecule has 4 atom stereocenters. The zero-order chi connectivity index (χ0) is 24.3. The van der Waals surface area contributed by atoms with Gasteiger partial charge < -0.3 is 5.32 Å². The van der Waals surface area contributed by atoms with Crippen LogP contribution in [0.2, 0.25) is 0 Å². The molecule has 0 aliphatic carbocycles. The number of rotatable bonds is 4. The molecule has 3 heterocycles. The van der Waals surface area contributed by atoms with Crippen LogP contribution in [0.5, 0.6) is 0 Å². The lowest BCUT2D eigenvalue weighted by Gasteiger charge is -2.29. The number of nitrogens with zero attached hydrogens (tertiary/aromatic N) is 1. The molecule has 2 saturated heterocycles. The summed E-state index contributed by atoms with van der Waals surface area (Å²) in [6, 6.07) is 23.1. The number of amides is 3. The molecule has 0 unspecified atom stereocenters. The molecule has 0 bridgehead atoms. The first kappa shape index (κ1) is 21.4. The van der Waals surface area contributed by atoms with Crippen molar-refractivity contribution < 1.29 is 19.2 Å². The first-order valence-electron chi connectivity index (χ1n) is 11.6. The van der Waals surface area contributed by atoms with Crippen LogP contribution in [0, 0.1) is 11.8 Å². The van der Waals surface area contributed by atoms with E-state index in [-0.39, 0.29) is 17.6 Å². The zero-order valence-corrected chi connectivity index (χ0v) is 19.0. The highest BCUT2D eigenvalue weighted by atomic mass is 16.2. The first-order valence-corrected chi connectivity index (χ1v) is 11.6. The van der Waals surface area contributed by atoms with Crippen molar-refractivity contribution in [2.45, 2.75) is 24.9 Å². The van der Waals surface area contributed by atoms with Crippen LogP contribution in [-0.4, -0.2) is 29.5 Å². The number of carbonyl (C=O) groups excluding carboxylic acids is 4. The minimum atomic E-state index is -1.33. The number of ketones is 1. The Kier molecular flexibility index (Phi) is 4.72. The lowest BCUT2D eigenvalue weighted by atomic mass is 9.76. The molecule has 3 aromatic rings. The van der Waals surface area contributed by atoms with Crippen molar-refractivity contribution in [2.24, 2.45) is 11.8 Å². The van der Waals surface area contributed by atoms with Crippen LogP contribution >= 0.6 is 0 Å². The van der Waals surface area contributed by atoms with Crippen LogP contribution in [0.1, 0.15) is 28.4 Å². The van der Waals surface area contributed by atoms with Crippen LogP contribution in [0.3, 0.4) is 0 Å². The number of para-hydroxylation sites is 1. The topological polar surface area (TPSA) is 95.6 Å². The Hall–Kier alpha value is -4.10. The predicted octanol–water partition coefficient (Wildman–Crippen LogP) is 3.06. The third-order valence-corrected chi connectivity index (χ3v) is 7.45. The molecule has 0 saturated carbocycles. The third-order valence-electron chi connectivity index (χ3n) is 7.45. The summed E-state index contributed by atoms with van der Waals surface area (Å²) in [5, 5.41) is 6.37. The molecule has 35 heavy (non-hydrogen) atoms. The first-order chi connectivity index (χ1) is 16.9. The quantitative estimate of drug-likeness (QED) is 0.456. The Morgan fingerprint density at radius 3 is 2.29 bits per heavy atom. The number of carbonyl (C=O) groups is 4. The summed E-state index contributed by atoms with van der Waals surface area (Å²) in [4.78, 5) is 54.2. The SMILES string of the molecule is CC(=O)c1ccc(N2C(=O)[C@@H]3[C@H](Cc4ccccc4)N[C@]4(C(=O)Nc5ccccc54)[C@@H]3C2=O)cc1. The highest BCUT2D eigenvalue weighted by molar-refractivity contribution is 6.25.